The van der Waals surface area contributed by atoms with Gasteiger partial charge in [0.15, 0.2) is 0 Å². The maximum atomic E-state index is 14.5. The van der Waals surface area contributed by atoms with Crippen LogP contribution >= 0.6 is 0 Å². The second kappa shape index (κ2) is 16.6. The lowest BCUT2D eigenvalue weighted by Gasteiger charge is -2.35. The van der Waals surface area contributed by atoms with E-state index in [4.69, 9.17) is 11.2 Å². The number of amides is 3. The molecule has 2 rings (SSSR count). The predicted molar refractivity (Wildman–Crippen MR) is 170 cm³/mol. The normalized spacial score (nSPS) is 12.6. The number of carbonyl (C=O) groups is 3. The van der Waals surface area contributed by atoms with Crippen LogP contribution in [-0.4, -0.2) is 41.0 Å². The van der Waals surface area contributed by atoms with Crippen molar-refractivity contribution in [2.75, 3.05) is 11.9 Å². The van der Waals surface area contributed by atoms with Gasteiger partial charge in [-0.3, -0.25) is 9.59 Å². The number of aryl methyl sites for hydroxylation is 1. The first kappa shape index (κ1) is 34.4. The summed E-state index contributed by atoms with van der Waals surface area (Å²) in [6.45, 7) is 13.7. The zero-order valence-corrected chi connectivity index (χ0v) is 26.5. The van der Waals surface area contributed by atoms with E-state index in [0.717, 1.165) is 31.2 Å². The Morgan fingerprint density at radius 3 is 2.24 bits per heavy atom. The number of hydrogen-bond acceptors (Lipinski definition) is 4. The number of hydrogen-bond donors (Lipinski definition) is 2. The van der Waals surface area contributed by atoms with Crippen LogP contribution in [0.1, 0.15) is 103 Å². The van der Waals surface area contributed by atoms with Gasteiger partial charge in [0.05, 0.1) is 0 Å². The van der Waals surface area contributed by atoms with E-state index in [9.17, 15) is 14.4 Å². The summed E-state index contributed by atoms with van der Waals surface area (Å²) < 4.78 is 5.50. The number of nitrogens with zero attached hydrogens (tertiary/aromatic N) is 1. The van der Waals surface area contributed by atoms with Crippen molar-refractivity contribution >= 4 is 23.6 Å². The first-order chi connectivity index (χ1) is 19.9. The largest absolute Gasteiger partial charge is 0.444 e. The Morgan fingerprint density at radius 1 is 0.976 bits per heavy atom. The number of unbranched alkanes of at least 4 members (excludes halogenated alkanes) is 4. The Balaban J connectivity index is 2.60. The van der Waals surface area contributed by atoms with Gasteiger partial charge in [-0.05, 0) is 69.7 Å². The maximum absolute atomic E-state index is 14.5. The number of anilines is 1. The zero-order valence-electron chi connectivity index (χ0n) is 26.5. The van der Waals surface area contributed by atoms with Crippen molar-refractivity contribution in [2.45, 2.75) is 105 Å². The number of carbonyl (C=O) groups excluding carboxylic acids is 3. The highest BCUT2D eigenvalue weighted by Gasteiger charge is 2.37. The lowest BCUT2D eigenvalue weighted by Crippen LogP contribution is -2.53. The molecule has 0 saturated carbocycles. The van der Waals surface area contributed by atoms with Crippen molar-refractivity contribution in [1.29, 1.82) is 0 Å². The molecule has 2 aromatic carbocycles. The van der Waals surface area contributed by atoms with Crippen LogP contribution in [0, 0.1) is 25.2 Å². The Morgan fingerprint density at radius 2 is 1.62 bits per heavy atom. The molecule has 0 bridgehead atoms. The molecule has 2 unspecified atom stereocenters. The monoisotopic (exact) mass is 575 g/mol. The van der Waals surface area contributed by atoms with Crippen molar-refractivity contribution in [2.24, 2.45) is 5.92 Å². The van der Waals surface area contributed by atoms with Gasteiger partial charge in [0.2, 0.25) is 5.91 Å². The molecule has 2 N–H and O–H groups in total. The molecular weight excluding hydrogens is 526 g/mol. The van der Waals surface area contributed by atoms with Gasteiger partial charge in [0.25, 0.3) is 5.91 Å². The predicted octanol–water partition coefficient (Wildman–Crippen LogP) is 7.39. The number of alkyl carbamates (subject to hydrolysis) is 1. The molecule has 7 heteroatoms. The number of ether oxygens (including phenoxy) is 1. The van der Waals surface area contributed by atoms with E-state index in [1.165, 1.54) is 0 Å². The molecule has 42 heavy (non-hydrogen) atoms. The molecular formula is C35H49N3O4. The first-order valence-electron chi connectivity index (χ1n) is 15.1. The van der Waals surface area contributed by atoms with E-state index in [1.54, 1.807) is 37.8 Å². The van der Waals surface area contributed by atoms with E-state index >= 15 is 0 Å². The van der Waals surface area contributed by atoms with Crippen LogP contribution in [0.4, 0.5) is 10.5 Å². The Bertz CT molecular complexity index is 1230. The number of benzene rings is 2. The highest BCUT2D eigenvalue weighted by Crippen LogP contribution is 2.29. The van der Waals surface area contributed by atoms with Crippen molar-refractivity contribution in [3.63, 3.8) is 0 Å². The molecule has 3 amide bonds. The van der Waals surface area contributed by atoms with Gasteiger partial charge in [0, 0.05) is 17.8 Å². The summed E-state index contributed by atoms with van der Waals surface area (Å²) >= 11 is 0. The quantitative estimate of drug-likeness (QED) is 0.182. The molecule has 228 valence electrons. The van der Waals surface area contributed by atoms with Crippen LogP contribution in [0.25, 0.3) is 0 Å². The van der Waals surface area contributed by atoms with Crippen LogP contribution in [0.15, 0.2) is 48.5 Å². The number of terminal acetylenes is 1. The molecule has 0 fully saturated rings. The minimum atomic E-state index is -1.01. The van der Waals surface area contributed by atoms with Gasteiger partial charge in [-0.2, -0.15) is 0 Å². The third-order valence-electron chi connectivity index (χ3n) is 6.86. The lowest BCUT2D eigenvalue weighted by atomic mass is 9.95. The van der Waals surface area contributed by atoms with E-state index in [0.29, 0.717) is 36.2 Å². The van der Waals surface area contributed by atoms with E-state index < -0.39 is 23.8 Å². The Kier molecular flexibility index (Phi) is 13.6. The number of para-hydroxylation sites is 1. The number of rotatable bonds is 14. The Labute approximate surface area is 252 Å². The van der Waals surface area contributed by atoms with Crippen LogP contribution < -0.4 is 10.6 Å². The highest BCUT2D eigenvalue weighted by molar-refractivity contribution is 5.99. The molecule has 0 aliphatic rings. The summed E-state index contributed by atoms with van der Waals surface area (Å²) in [6.07, 6.45) is 10.4. The molecule has 7 nitrogen and oxygen atoms in total. The van der Waals surface area contributed by atoms with Gasteiger partial charge in [-0.15, -0.1) is 6.42 Å². The zero-order chi connectivity index (χ0) is 31.3. The summed E-state index contributed by atoms with van der Waals surface area (Å²) in [5.74, 6) is 2.08. The second-order valence-electron chi connectivity index (χ2n) is 12.2. The molecule has 0 aliphatic heterocycles. The van der Waals surface area contributed by atoms with E-state index in [-0.39, 0.29) is 17.7 Å². The molecule has 0 aliphatic carbocycles. The third kappa shape index (κ3) is 10.9. The maximum Gasteiger partial charge on any atom is 0.408 e. The molecule has 0 heterocycles. The minimum absolute atomic E-state index is 0.0949. The summed E-state index contributed by atoms with van der Waals surface area (Å²) in [7, 11) is 0. The SMILES string of the molecule is C#Cc1ccccc1C(C(=O)Nc1ccccc1C)N(CCCCCCC)C(=O)C(CC(C)C)NC(=O)OC(C)(C)C. The summed E-state index contributed by atoms with van der Waals surface area (Å²) in [5.41, 5.74) is 1.93. The second-order valence-corrected chi connectivity index (χ2v) is 12.2. The summed E-state index contributed by atoms with van der Waals surface area (Å²) in [5, 5.41) is 5.85. The van der Waals surface area contributed by atoms with E-state index in [2.05, 4.69) is 23.5 Å². The molecule has 0 radical (unpaired) electrons. The van der Waals surface area contributed by atoms with Crippen LogP contribution in [0.5, 0.6) is 0 Å². The standard InChI is InChI=1S/C35H49N3O4/c1-9-11-12-13-18-23-38(33(40)30(24-25(3)4)37-34(41)42-35(6,7)8)31(28-21-16-15-20-27(28)10-2)32(39)36-29-22-17-14-19-26(29)5/h2,14-17,19-22,25,30-31H,9,11-13,18,23-24H2,1,3-8H3,(H,36,39)(H,37,41). The lowest BCUT2D eigenvalue weighted by molar-refractivity contribution is -0.141. The average Bonchev–Trinajstić information content (AvgIpc) is 2.91. The van der Waals surface area contributed by atoms with Gasteiger partial charge < -0.3 is 20.3 Å². The van der Waals surface area contributed by atoms with Gasteiger partial charge >= 0.3 is 6.09 Å². The van der Waals surface area contributed by atoms with Crippen molar-refractivity contribution in [3.05, 3.63) is 65.2 Å². The van der Waals surface area contributed by atoms with Crippen LogP contribution in [-0.2, 0) is 14.3 Å². The number of nitrogens with one attached hydrogen (secondary N) is 2. The van der Waals surface area contributed by atoms with Gasteiger partial charge in [-0.25, -0.2) is 4.79 Å². The summed E-state index contributed by atoms with van der Waals surface area (Å²) in [6, 6.07) is 12.8. The van der Waals surface area contributed by atoms with Gasteiger partial charge in [-0.1, -0.05) is 88.8 Å². The van der Waals surface area contributed by atoms with Crippen LogP contribution in [0.3, 0.4) is 0 Å². The van der Waals surface area contributed by atoms with E-state index in [1.807, 2.05) is 57.2 Å². The molecule has 0 aromatic heterocycles. The van der Waals surface area contributed by atoms with Crippen molar-refractivity contribution in [3.8, 4) is 12.3 Å². The third-order valence-corrected chi connectivity index (χ3v) is 6.86. The van der Waals surface area contributed by atoms with Crippen LogP contribution in [0.2, 0.25) is 0 Å². The first-order valence-corrected chi connectivity index (χ1v) is 15.1. The molecule has 0 spiro atoms. The summed E-state index contributed by atoms with van der Waals surface area (Å²) in [4.78, 5) is 43.1. The fourth-order valence-corrected chi connectivity index (χ4v) is 4.83. The fourth-order valence-electron chi connectivity index (χ4n) is 4.83. The average molecular weight is 576 g/mol. The topological polar surface area (TPSA) is 87.7 Å². The van der Waals surface area contributed by atoms with Crippen molar-refractivity contribution in [1.82, 2.24) is 10.2 Å². The molecule has 0 saturated heterocycles. The fraction of sp³-hybridized carbons (Fsp3) is 0.514. The smallest absolute Gasteiger partial charge is 0.408 e. The highest BCUT2D eigenvalue weighted by atomic mass is 16.6. The molecule has 2 atom stereocenters. The Hall–Kier alpha value is -3.79. The molecule has 2 aromatic rings. The van der Waals surface area contributed by atoms with Gasteiger partial charge in [0.1, 0.15) is 17.7 Å². The minimum Gasteiger partial charge on any atom is -0.444 e. The van der Waals surface area contributed by atoms with Crippen molar-refractivity contribution < 1.29 is 19.1 Å².